The second-order valence-electron chi connectivity index (χ2n) is 5.66. The van der Waals surface area contributed by atoms with Crippen molar-refractivity contribution in [2.24, 2.45) is 0 Å². The second-order valence-corrected chi connectivity index (χ2v) is 5.66. The highest BCUT2D eigenvalue weighted by molar-refractivity contribution is 5.94. The van der Waals surface area contributed by atoms with Crippen molar-refractivity contribution in [2.45, 2.75) is 45.8 Å². The predicted molar refractivity (Wildman–Crippen MR) is 82.7 cm³/mol. The smallest absolute Gasteiger partial charge is 0.339 e. The van der Waals surface area contributed by atoms with Crippen LogP contribution in [-0.4, -0.2) is 23.5 Å². The topological polar surface area (TPSA) is 107 Å². The molecule has 1 amide bonds. The normalized spacial score (nSPS) is 12.6. The Morgan fingerprint density at radius 2 is 1.76 bits per heavy atom. The van der Waals surface area contributed by atoms with Crippen molar-refractivity contribution in [3.8, 4) is 0 Å². The Morgan fingerprint density at radius 1 is 1.24 bits per heavy atom. The monoisotopic (exact) mass is 293 g/mol. The van der Waals surface area contributed by atoms with Gasteiger partial charge in [-0.25, -0.2) is 4.79 Å². The Balaban J connectivity index is 2.71. The van der Waals surface area contributed by atoms with E-state index in [1.807, 2.05) is 20.8 Å². The molecule has 1 rings (SSSR count). The van der Waals surface area contributed by atoms with Crippen LogP contribution >= 0.6 is 0 Å². The van der Waals surface area contributed by atoms with Gasteiger partial charge in [-0.05, 0) is 45.4 Å². The minimum Gasteiger partial charge on any atom is -0.449 e. The van der Waals surface area contributed by atoms with Crippen LogP contribution in [0.1, 0.15) is 44.5 Å². The van der Waals surface area contributed by atoms with E-state index in [-0.39, 0.29) is 17.0 Å². The van der Waals surface area contributed by atoms with Crippen LogP contribution in [0.2, 0.25) is 0 Å². The van der Waals surface area contributed by atoms with Gasteiger partial charge >= 0.3 is 5.97 Å². The van der Waals surface area contributed by atoms with Crippen LogP contribution in [0.5, 0.6) is 0 Å². The molecule has 0 spiro atoms. The van der Waals surface area contributed by atoms with Crippen LogP contribution in [0.4, 0.5) is 11.4 Å². The highest BCUT2D eigenvalue weighted by atomic mass is 16.5. The standard InChI is InChI=1S/C15H23N3O3/c1-5-15(3,4)18-13(19)9(2)21-14(20)10-6-11(16)8-12(17)7-10/h6-9H,5,16-17H2,1-4H3,(H,18,19). The second kappa shape index (κ2) is 6.47. The summed E-state index contributed by atoms with van der Waals surface area (Å²) in [5.74, 6) is -0.974. The maximum absolute atomic E-state index is 12.0. The number of nitrogens with one attached hydrogen (secondary N) is 1. The first kappa shape index (κ1) is 16.8. The third-order valence-corrected chi connectivity index (χ3v) is 3.21. The van der Waals surface area contributed by atoms with E-state index in [1.54, 1.807) is 0 Å². The van der Waals surface area contributed by atoms with Crippen molar-refractivity contribution in [3.05, 3.63) is 23.8 Å². The highest BCUT2D eigenvalue weighted by Gasteiger charge is 2.24. The predicted octanol–water partition coefficient (Wildman–Crippen LogP) is 1.70. The number of hydrogen-bond donors (Lipinski definition) is 3. The van der Waals surface area contributed by atoms with Crippen molar-refractivity contribution in [1.82, 2.24) is 5.32 Å². The molecule has 1 aromatic rings. The number of hydrogen-bond acceptors (Lipinski definition) is 5. The summed E-state index contributed by atoms with van der Waals surface area (Å²) in [5.41, 5.74) is 11.9. The molecule has 0 saturated heterocycles. The highest BCUT2D eigenvalue weighted by Crippen LogP contribution is 2.15. The largest absolute Gasteiger partial charge is 0.449 e. The summed E-state index contributed by atoms with van der Waals surface area (Å²) >= 11 is 0. The third kappa shape index (κ3) is 4.98. The molecule has 0 radical (unpaired) electrons. The van der Waals surface area contributed by atoms with Gasteiger partial charge in [0, 0.05) is 16.9 Å². The summed E-state index contributed by atoms with van der Waals surface area (Å²) < 4.78 is 5.14. The average Bonchev–Trinajstić information content (AvgIpc) is 2.36. The molecule has 6 heteroatoms. The van der Waals surface area contributed by atoms with Gasteiger partial charge in [-0.3, -0.25) is 4.79 Å². The van der Waals surface area contributed by atoms with Gasteiger partial charge < -0.3 is 21.5 Å². The van der Waals surface area contributed by atoms with Gasteiger partial charge in [0.05, 0.1) is 5.56 Å². The fraction of sp³-hybridized carbons (Fsp3) is 0.467. The summed E-state index contributed by atoms with van der Waals surface area (Å²) in [6, 6.07) is 4.45. The van der Waals surface area contributed by atoms with Crippen molar-refractivity contribution in [3.63, 3.8) is 0 Å². The molecular weight excluding hydrogens is 270 g/mol. The number of nitrogen functional groups attached to an aromatic ring is 2. The number of nitrogens with two attached hydrogens (primary N) is 2. The Labute approximate surface area is 124 Å². The quantitative estimate of drug-likeness (QED) is 0.565. The molecule has 0 saturated carbocycles. The number of esters is 1. The average molecular weight is 293 g/mol. The molecule has 116 valence electrons. The van der Waals surface area contributed by atoms with Gasteiger partial charge in [0.2, 0.25) is 0 Å². The first-order valence-electron chi connectivity index (χ1n) is 6.83. The van der Waals surface area contributed by atoms with Crippen molar-refractivity contribution in [2.75, 3.05) is 11.5 Å². The number of rotatable bonds is 5. The van der Waals surface area contributed by atoms with E-state index in [0.29, 0.717) is 11.4 Å². The Bertz CT molecular complexity index is 521. The molecule has 0 aliphatic carbocycles. The van der Waals surface area contributed by atoms with Gasteiger partial charge in [-0.2, -0.15) is 0 Å². The van der Waals surface area contributed by atoms with Crippen LogP contribution < -0.4 is 16.8 Å². The molecular formula is C15H23N3O3. The lowest BCUT2D eigenvalue weighted by Gasteiger charge is -2.26. The van der Waals surface area contributed by atoms with E-state index < -0.39 is 12.1 Å². The lowest BCUT2D eigenvalue weighted by Crippen LogP contribution is -2.47. The first-order valence-corrected chi connectivity index (χ1v) is 6.83. The van der Waals surface area contributed by atoms with Gasteiger partial charge in [-0.15, -0.1) is 0 Å². The van der Waals surface area contributed by atoms with Crippen molar-refractivity contribution in [1.29, 1.82) is 0 Å². The molecule has 0 aliphatic rings. The maximum Gasteiger partial charge on any atom is 0.339 e. The molecule has 1 atom stereocenters. The number of carbonyl (C=O) groups is 2. The zero-order chi connectivity index (χ0) is 16.2. The number of ether oxygens (including phenoxy) is 1. The van der Waals surface area contributed by atoms with Gasteiger partial charge in [0.25, 0.3) is 5.91 Å². The van der Waals surface area contributed by atoms with Crippen molar-refractivity contribution < 1.29 is 14.3 Å². The van der Waals surface area contributed by atoms with Crippen LogP contribution in [0.15, 0.2) is 18.2 Å². The minimum atomic E-state index is -0.897. The summed E-state index contributed by atoms with van der Waals surface area (Å²) in [4.78, 5) is 24.0. The number of amides is 1. The van der Waals surface area contributed by atoms with Gasteiger partial charge in [0.15, 0.2) is 6.10 Å². The molecule has 6 nitrogen and oxygen atoms in total. The Kier molecular flexibility index (Phi) is 5.18. The zero-order valence-corrected chi connectivity index (χ0v) is 12.9. The third-order valence-electron chi connectivity index (χ3n) is 3.21. The Morgan fingerprint density at radius 3 is 2.24 bits per heavy atom. The minimum absolute atomic E-state index is 0.224. The van der Waals surface area contributed by atoms with E-state index in [4.69, 9.17) is 16.2 Å². The van der Waals surface area contributed by atoms with Gasteiger partial charge in [0.1, 0.15) is 0 Å². The van der Waals surface area contributed by atoms with Crippen LogP contribution in [0, 0.1) is 0 Å². The van der Waals surface area contributed by atoms with E-state index in [2.05, 4.69) is 5.32 Å². The van der Waals surface area contributed by atoms with E-state index in [9.17, 15) is 9.59 Å². The molecule has 0 bridgehead atoms. The van der Waals surface area contributed by atoms with E-state index >= 15 is 0 Å². The summed E-state index contributed by atoms with van der Waals surface area (Å²) in [7, 11) is 0. The molecule has 0 fully saturated rings. The van der Waals surface area contributed by atoms with Crippen LogP contribution in [-0.2, 0) is 9.53 Å². The van der Waals surface area contributed by atoms with Crippen LogP contribution in [0.25, 0.3) is 0 Å². The van der Waals surface area contributed by atoms with Crippen molar-refractivity contribution >= 4 is 23.3 Å². The van der Waals surface area contributed by atoms with E-state index in [1.165, 1.54) is 25.1 Å². The number of anilines is 2. The van der Waals surface area contributed by atoms with E-state index in [0.717, 1.165) is 6.42 Å². The summed E-state index contributed by atoms with van der Waals surface area (Å²) in [6.07, 6.45) is -0.128. The molecule has 0 aliphatic heterocycles. The zero-order valence-electron chi connectivity index (χ0n) is 12.9. The lowest BCUT2D eigenvalue weighted by atomic mass is 10.0. The van der Waals surface area contributed by atoms with Gasteiger partial charge in [-0.1, -0.05) is 6.92 Å². The first-order chi connectivity index (χ1) is 9.64. The fourth-order valence-electron chi connectivity index (χ4n) is 1.60. The molecule has 5 N–H and O–H groups in total. The number of benzene rings is 1. The number of carbonyl (C=O) groups excluding carboxylic acids is 2. The molecule has 1 unspecified atom stereocenters. The molecule has 0 aromatic heterocycles. The summed E-state index contributed by atoms with van der Waals surface area (Å²) in [5, 5.41) is 2.82. The molecule has 1 aromatic carbocycles. The fourth-order valence-corrected chi connectivity index (χ4v) is 1.60. The molecule has 0 heterocycles. The molecule has 21 heavy (non-hydrogen) atoms. The maximum atomic E-state index is 12.0. The Hall–Kier alpha value is -2.24. The summed E-state index contributed by atoms with van der Waals surface area (Å²) in [6.45, 7) is 7.29. The lowest BCUT2D eigenvalue weighted by molar-refractivity contribution is -0.130. The van der Waals surface area contributed by atoms with Crippen LogP contribution in [0.3, 0.4) is 0 Å². The SMILES string of the molecule is CCC(C)(C)NC(=O)C(C)OC(=O)c1cc(N)cc(N)c1.